The monoisotopic (exact) mass is 202 g/mol. The van der Waals surface area contributed by atoms with Crippen molar-refractivity contribution in [2.45, 2.75) is 6.73 Å². The third kappa shape index (κ3) is 1.18. The molecule has 3 rings (SSSR count). The Morgan fingerprint density at radius 2 is 2.40 bits per heavy atom. The zero-order chi connectivity index (χ0) is 10.3. The SMILES string of the molecule is COc1ccc2c(c1)-c1nccn1CO2. The second-order valence-electron chi connectivity index (χ2n) is 3.36. The number of aromatic nitrogens is 2. The number of ether oxygens (including phenoxy) is 2. The second-order valence-corrected chi connectivity index (χ2v) is 3.36. The highest BCUT2D eigenvalue weighted by Gasteiger charge is 2.17. The molecule has 1 aromatic heterocycles. The van der Waals surface area contributed by atoms with E-state index in [1.165, 1.54) is 0 Å². The largest absolute Gasteiger partial charge is 0.497 e. The third-order valence-corrected chi connectivity index (χ3v) is 2.50. The van der Waals surface area contributed by atoms with Gasteiger partial charge in [-0.3, -0.25) is 4.57 Å². The van der Waals surface area contributed by atoms with Crippen molar-refractivity contribution in [3.8, 4) is 22.9 Å². The van der Waals surface area contributed by atoms with Crippen molar-refractivity contribution in [2.24, 2.45) is 0 Å². The van der Waals surface area contributed by atoms with Crippen LogP contribution in [0.3, 0.4) is 0 Å². The zero-order valence-corrected chi connectivity index (χ0v) is 8.30. The van der Waals surface area contributed by atoms with Gasteiger partial charge in [-0.2, -0.15) is 0 Å². The highest BCUT2D eigenvalue weighted by molar-refractivity contribution is 5.67. The molecule has 0 unspecified atom stereocenters. The molecule has 15 heavy (non-hydrogen) atoms. The quantitative estimate of drug-likeness (QED) is 0.708. The predicted octanol–water partition coefficient (Wildman–Crippen LogP) is 1.91. The molecule has 4 heteroatoms. The number of hydrogen-bond acceptors (Lipinski definition) is 3. The minimum Gasteiger partial charge on any atom is -0.497 e. The predicted molar refractivity (Wildman–Crippen MR) is 54.8 cm³/mol. The Labute approximate surface area is 87.1 Å². The van der Waals surface area contributed by atoms with Crippen molar-refractivity contribution in [3.05, 3.63) is 30.6 Å². The number of benzene rings is 1. The Bertz CT molecular complexity index is 505. The van der Waals surface area contributed by atoms with E-state index in [4.69, 9.17) is 9.47 Å². The second kappa shape index (κ2) is 3.02. The van der Waals surface area contributed by atoms with Gasteiger partial charge in [0, 0.05) is 12.4 Å². The molecule has 76 valence electrons. The van der Waals surface area contributed by atoms with Crippen molar-refractivity contribution in [1.29, 1.82) is 0 Å². The van der Waals surface area contributed by atoms with E-state index in [1.807, 2.05) is 29.0 Å². The topological polar surface area (TPSA) is 36.3 Å². The van der Waals surface area contributed by atoms with Crippen LogP contribution in [0.5, 0.6) is 11.5 Å². The number of imidazole rings is 1. The smallest absolute Gasteiger partial charge is 0.166 e. The molecule has 1 aliphatic rings. The van der Waals surface area contributed by atoms with Crippen molar-refractivity contribution < 1.29 is 9.47 Å². The van der Waals surface area contributed by atoms with Gasteiger partial charge in [0.1, 0.15) is 17.3 Å². The molecule has 0 amide bonds. The fourth-order valence-electron chi connectivity index (χ4n) is 1.73. The molecule has 0 radical (unpaired) electrons. The Balaban J connectivity index is 2.21. The Kier molecular flexibility index (Phi) is 1.68. The molecule has 0 fully saturated rings. The van der Waals surface area contributed by atoms with Crippen molar-refractivity contribution >= 4 is 0 Å². The number of fused-ring (bicyclic) bond motifs is 3. The number of rotatable bonds is 1. The maximum Gasteiger partial charge on any atom is 0.166 e. The summed E-state index contributed by atoms with van der Waals surface area (Å²) in [4.78, 5) is 4.30. The van der Waals surface area contributed by atoms with Crippen LogP contribution in [0, 0.1) is 0 Å². The van der Waals surface area contributed by atoms with Crippen LogP contribution in [0.4, 0.5) is 0 Å². The summed E-state index contributed by atoms with van der Waals surface area (Å²) in [5, 5.41) is 0. The molecule has 0 bridgehead atoms. The summed E-state index contributed by atoms with van der Waals surface area (Å²) >= 11 is 0. The fraction of sp³-hybridized carbons (Fsp3) is 0.182. The van der Waals surface area contributed by atoms with Crippen LogP contribution < -0.4 is 9.47 Å². The molecular formula is C11H10N2O2. The highest BCUT2D eigenvalue weighted by Crippen LogP contribution is 2.35. The third-order valence-electron chi connectivity index (χ3n) is 2.50. The molecule has 4 nitrogen and oxygen atoms in total. The van der Waals surface area contributed by atoms with Gasteiger partial charge >= 0.3 is 0 Å². The van der Waals surface area contributed by atoms with E-state index in [1.54, 1.807) is 13.3 Å². The van der Waals surface area contributed by atoms with Gasteiger partial charge in [-0.1, -0.05) is 0 Å². The number of hydrogen-bond donors (Lipinski definition) is 0. The van der Waals surface area contributed by atoms with Crippen LogP contribution in [0.1, 0.15) is 0 Å². The average Bonchev–Trinajstić information content (AvgIpc) is 2.76. The molecule has 0 N–H and O–H groups in total. The number of nitrogens with zero attached hydrogens (tertiary/aromatic N) is 2. The van der Waals surface area contributed by atoms with Crippen LogP contribution in [-0.2, 0) is 6.73 Å². The summed E-state index contributed by atoms with van der Waals surface area (Å²) in [5.74, 6) is 2.60. The molecular weight excluding hydrogens is 192 g/mol. The molecule has 0 aliphatic carbocycles. The first-order chi connectivity index (χ1) is 7.38. The first-order valence-electron chi connectivity index (χ1n) is 4.71. The van der Waals surface area contributed by atoms with Gasteiger partial charge in [0.15, 0.2) is 6.73 Å². The lowest BCUT2D eigenvalue weighted by Crippen LogP contribution is -2.12. The lowest BCUT2D eigenvalue weighted by atomic mass is 10.1. The molecule has 0 saturated heterocycles. The van der Waals surface area contributed by atoms with Gasteiger partial charge < -0.3 is 9.47 Å². The average molecular weight is 202 g/mol. The molecule has 1 aromatic carbocycles. The normalized spacial score (nSPS) is 12.6. The van der Waals surface area contributed by atoms with Crippen LogP contribution in [0.2, 0.25) is 0 Å². The summed E-state index contributed by atoms with van der Waals surface area (Å²) < 4.78 is 12.7. The van der Waals surface area contributed by atoms with Crippen LogP contribution in [0.15, 0.2) is 30.6 Å². The molecule has 0 atom stereocenters. The summed E-state index contributed by atoms with van der Waals surface area (Å²) in [5.41, 5.74) is 0.977. The van der Waals surface area contributed by atoms with Gasteiger partial charge in [0.05, 0.1) is 12.7 Å². The van der Waals surface area contributed by atoms with Crippen LogP contribution in [-0.4, -0.2) is 16.7 Å². The molecule has 2 aromatic rings. The molecule has 2 heterocycles. The lowest BCUT2D eigenvalue weighted by Gasteiger charge is -2.19. The van der Waals surface area contributed by atoms with Gasteiger partial charge in [-0.05, 0) is 18.2 Å². The maximum absolute atomic E-state index is 5.58. The van der Waals surface area contributed by atoms with Gasteiger partial charge in [0.25, 0.3) is 0 Å². The minimum atomic E-state index is 0.522. The summed E-state index contributed by atoms with van der Waals surface area (Å²) in [6, 6.07) is 5.73. The summed E-state index contributed by atoms with van der Waals surface area (Å²) in [6.07, 6.45) is 3.67. The Morgan fingerprint density at radius 3 is 3.27 bits per heavy atom. The van der Waals surface area contributed by atoms with E-state index in [-0.39, 0.29) is 0 Å². The van der Waals surface area contributed by atoms with E-state index >= 15 is 0 Å². The lowest BCUT2D eigenvalue weighted by molar-refractivity contribution is 0.229. The van der Waals surface area contributed by atoms with E-state index in [0.29, 0.717) is 6.73 Å². The fourth-order valence-corrected chi connectivity index (χ4v) is 1.73. The minimum absolute atomic E-state index is 0.522. The molecule has 0 saturated carbocycles. The van der Waals surface area contributed by atoms with E-state index < -0.39 is 0 Å². The van der Waals surface area contributed by atoms with Gasteiger partial charge in [-0.15, -0.1) is 0 Å². The first kappa shape index (κ1) is 8.35. The Hall–Kier alpha value is -1.97. The number of methoxy groups -OCH3 is 1. The van der Waals surface area contributed by atoms with E-state index in [0.717, 1.165) is 22.9 Å². The standard InChI is InChI=1S/C11H10N2O2/c1-14-8-2-3-10-9(6-8)11-12-4-5-13(11)7-15-10/h2-6H,7H2,1H3. The summed E-state index contributed by atoms with van der Waals surface area (Å²) in [7, 11) is 1.65. The summed E-state index contributed by atoms with van der Waals surface area (Å²) in [6.45, 7) is 0.522. The van der Waals surface area contributed by atoms with Crippen molar-refractivity contribution in [2.75, 3.05) is 7.11 Å². The van der Waals surface area contributed by atoms with Gasteiger partial charge in [0.2, 0.25) is 0 Å². The first-order valence-corrected chi connectivity index (χ1v) is 4.71. The highest BCUT2D eigenvalue weighted by atomic mass is 16.5. The zero-order valence-electron chi connectivity index (χ0n) is 8.30. The Morgan fingerprint density at radius 1 is 1.47 bits per heavy atom. The van der Waals surface area contributed by atoms with E-state index in [2.05, 4.69) is 4.98 Å². The van der Waals surface area contributed by atoms with Crippen LogP contribution >= 0.6 is 0 Å². The van der Waals surface area contributed by atoms with E-state index in [9.17, 15) is 0 Å². The van der Waals surface area contributed by atoms with Crippen molar-refractivity contribution in [3.63, 3.8) is 0 Å². The van der Waals surface area contributed by atoms with Gasteiger partial charge in [-0.25, -0.2) is 4.98 Å². The molecule has 1 aliphatic heterocycles. The van der Waals surface area contributed by atoms with Crippen LogP contribution in [0.25, 0.3) is 11.4 Å². The maximum atomic E-state index is 5.58. The molecule has 0 spiro atoms. The van der Waals surface area contributed by atoms with Crippen molar-refractivity contribution in [1.82, 2.24) is 9.55 Å².